The van der Waals surface area contributed by atoms with E-state index >= 15 is 0 Å². The molecule has 1 saturated heterocycles. The van der Waals surface area contributed by atoms with E-state index in [2.05, 4.69) is 17.1 Å². The van der Waals surface area contributed by atoms with Gasteiger partial charge in [-0.15, -0.1) is 0 Å². The van der Waals surface area contributed by atoms with Gasteiger partial charge in [-0.3, -0.25) is 9.78 Å². The number of pyridine rings is 1. The Bertz CT molecular complexity index is 630. The molecule has 1 aliphatic rings. The van der Waals surface area contributed by atoms with E-state index in [-0.39, 0.29) is 18.1 Å². The number of rotatable bonds is 4. The van der Waals surface area contributed by atoms with Crippen molar-refractivity contribution in [3.63, 3.8) is 0 Å². The minimum atomic E-state index is 0.00815. The van der Waals surface area contributed by atoms with Crippen LogP contribution in [0.3, 0.4) is 0 Å². The molecule has 0 aliphatic carbocycles. The highest BCUT2D eigenvalue weighted by molar-refractivity contribution is 5.77. The van der Waals surface area contributed by atoms with Gasteiger partial charge in [-0.2, -0.15) is 0 Å². The summed E-state index contributed by atoms with van der Waals surface area (Å²) >= 11 is 0. The minimum absolute atomic E-state index is 0.00815. The standard InChI is InChI=1S/C19H22N2O2/c1-15-13-21(18(14-23-15)17-7-3-2-4-8-17)19(22)10-9-16-6-5-11-20-12-16/h2-8,11-12,15,18H,9-10,13-14H2,1H3. The second-order valence-corrected chi connectivity index (χ2v) is 5.98. The van der Waals surface area contributed by atoms with E-state index in [4.69, 9.17) is 4.74 Å². The lowest BCUT2D eigenvalue weighted by atomic mass is 10.0. The molecule has 3 rings (SSSR count). The van der Waals surface area contributed by atoms with Crippen LogP contribution in [-0.4, -0.2) is 35.0 Å². The van der Waals surface area contributed by atoms with Crippen LogP contribution in [0.15, 0.2) is 54.9 Å². The van der Waals surface area contributed by atoms with Gasteiger partial charge in [-0.1, -0.05) is 36.4 Å². The molecule has 0 N–H and O–H groups in total. The predicted octanol–water partition coefficient (Wildman–Crippen LogP) is 3.00. The van der Waals surface area contributed by atoms with Gasteiger partial charge < -0.3 is 9.64 Å². The number of amides is 1. The van der Waals surface area contributed by atoms with Crippen molar-refractivity contribution in [2.75, 3.05) is 13.2 Å². The third-order valence-corrected chi connectivity index (χ3v) is 4.22. The number of ether oxygens (including phenoxy) is 1. The van der Waals surface area contributed by atoms with Crippen LogP contribution in [0.4, 0.5) is 0 Å². The Labute approximate surface area is 137 Å². The van der Waals surface area contributed by atoms with Crippen molar-refractivity contribution in [1.29, 1.82) is 0 Å². The summed E-state index contributed by atoms with van der Waals surface area (Å²) in [6.45, 7) is 3.22. The van der Waals surface area contributed by atoms with Crippen molar-refractivity contribution in [3.05, 3.63) is 66.0 Å². The highest BCUT2D eigenvalue weighted by Gasteiger charge is 2.31. The summed E-state index contributed by atoms with van der Waals surface area (Å²) < 4.78 is 5.78. The molecule has 1 fully saturated rings. The van der Waals surface area contributed by atoms with Crippen LogP contribution in [0, 0.1) is 0 Å². The van der Waals surface area contributed by atoms with E-state index in [0.29, 0.717) is 19.6 Å². The van der Waals surface area contributed by atoms with Gasteiger partial charge in [0.05, 0.1) is 18.8 Å². The molecule has 4 heteroatoms. The first-order chi connectivity index (χ1) is 11.2. The summed E-state index contributed by atoms with van der Waals surface area (Å²) in [5, 5.41) is 0. The van der Waals surface area contributed by atoms with Crippen LogP contribution in [0.1, 0.15) is 30.5 Å². The molecule has 1 amide bonds. The van der Waals surface area contributed by atoms with Crippen molar-refractivity contribution < 1.29 is 9.53 Å². The highest BCUT2D eigenvalue weighted by Crippen LogP contribution is 2.27. The number of hydrogen-bond donors (Lipinski definition) is 0. The quantitative estimate of drug-likeness (QED) is 0.872. The normalized spacial score (nSPS) is 21.2. The smallest absolute Gasteiger partial charge is 0.223 e. The number of aryl methyl sites for hydroxylation is 1. The molecule has 0 bridgehead atoms. The van der Waals surface area contributed by atoms with Gasteiger partial charge in [0.1, 0.15) is 0 Å². The van der Waals surface area contributed by atoms with Crippen molar-refractivity contribution in [1.82, 2.24) is 9.88 Å². The van der Waals surface area contributed by atoms with Crippen LogP contribution in [0.25, 0.3) is 0 Å². The van der Waals surface area contributed by atoms with E-state index in [1.807, 2.05) is 48.4 Å². The SMILES string of the molecule is CC1CN(C(=O)CCc2cccnc2)C(c2ccccc2)CO1. The molecule has 4 nitrogen and oxygen atoms in total. The van der Waals surface area contributed by atoms with Crippen LogP contribution in [-0.2, 0) is 16.0 Å². The number of morpholine rings is 1. The Balaban J connectivity index is 1.70. The Kier molecular flexibility index (Phi) is 5.03. The summed E-state index contributed by atoms with van der Waals surface area (Å²) in [5.74, 6) is 0.179. The van der Waals surface area contributed by atoms with E-state index in [1.54, 1.807) is 6.20 Å². The van der Waals surface area contributed by atoms with Gasteiger partial charge in [0, 0.05) is 25.4 Å². The number of carbonyl (C=O) groups is 1. The van der Waals surface area contributed by atoms with Crippen LogP contribution >= 0.6 is 0 Å². The maximum atomic E-state index is 12.8. The number of hydrogen-bond acceptors (Lipinski definition) is 3. The molecule has 2 aromatic rings. The van der Waals surface area contributed by atoms with Gasteiger partial charge in [0.25, 0.3) is 0 Å². The number of benzene rings is 1. The third-order valence-electron chi connectivity index (χ3n) is 4.22. The molecule has 2 unspecified atom stereocenters. The van der Waals surface area contributed by atoms with E-state index in [1.165, 1.54) is 0 Å². The molecule has 23 heavy (non-hydrogen) atoms. The summed E-state index contributed by atoms with van der Waals surface area (Å²) in [4.78, 5) is 18.8. The number of nitrogens with zero attached hydrogens (tertiary/aromatic N) is 2. The van der Waals surface area contributed by atoms with Crippen LogP contribution in [0.5, 0.6) is 0 Å². The summed E-state index contributed by atoms with van der Waals surface area (Å²) in [7, 11) is 0. The molecule has 2 atom stereocenters. The van der Waals surface area contributed by atoms with Crippen LogP contribution < -0.4 is 0 Å². The average molecular weight is 310 g/mol. The van der Waals surface area contributed by atoms with Gasteiger partial charge in [-0.25, -0.2) is 0 Å². The molecular formula is C19H22N2O2. The van der Waals surface area contributed by atoms with Gasteiger partial charge in [-0.05, 0) is 30.5 Å². The predicted molar refractivity (Wildman–Crippen MR) is 88.9 cm³/mol. The lowest BCUT2D eigenvalue weighted by molar-refractivity contribution is -0.144. The molecule has 120 valence electrons. The lowest BCUT2D eigenvalue weighted by Gasteiger charge is -2.39. The molecule has 1 aliphatic heterocycles. The maximum Gasteiger partial charge on any atom is 0.223 e. The Hall–Kier alpha value is -2.20. The largest absolute Gasteiger partial charge is 0.374 e. The van der Waals surface area contributed by atoms with Crippen molar-refractivity contribution in [2.45, 2.75) is 31.9 Å². The topological polar surface area (TPSA) is 42.4 Å². The van der Waals surface area contributed by atoms with E-state index < -0.39 is 0 Å². The second kappa shape index (κ2) is 7.38. The molecule has 0 spiro atoms. The van der Waals surface area contributed by atoms with Gasteiger partial charge in [0.2, 0.25) is 5.91 Å². The first-order valence-electron chi connectivity index (χ1n) is 8.09. The molecule has 2 heterocycles. The third kappa shape index (κ3) is 3.96. The van der Waals surface area contributed by atoms with E-state index in [9.17, 15) is 4.79 Å². The Morgan fingerprint density at radius 2 is 2.09 bits per heavy atom. The fraction of sp³-hybridized carbons (Fsp3) is 0.368. The Morgan fingerprint density at radius 3 is 2.83 bits per heavy atom. The Morgan fingerprint density at radius 1 is 1.26 bits per heavy atom. The summed E-state index contributed by atoms with van der Waals surface area (Å²) in [6.07, 6.45) is 4.88. The van der Waals surface area contributed by atoms with Crippen molar-refractivity contribution in [2.24, 2.45) is 0 Å². The molecular weight excluding hydrogens is 288 g/mol. The second-order valence-electron chi connectivity index (χ2n) is 5.98. The molecule has 0 radical (unpaired) electrons. The monoisotopic (exact) mass is 310 g/mol. The van der Waals surface area contributed by atoms with Gasteiger partial charge in [0.15, 0.2) is 0 Å². The lowest BCUT2D eigenvalue weighted by Crippen LogP contribution is -2.46. The number of carbonyl (C=O) groups excluding carboxylic acids is 1. The summed E-state index contributed by atoms with van der Waals surface area (Å²) in [6, 6.07) is 14.0. The van der Waals surface area contributed by atoms with Crippen molar-refractivity contribution in [3.8, 4) is 0 Å². The fourth-order valence-electron chi connectivity index (χ4n) is 2.97. The zero-order valence-corrected chi connectivity index (χ0v) is 13.4. The molecule has 0 saturated carbocycles. The zero-order valence-electron chi connectivity index (χ0n) is 13.4. The summed E-state index contributed by atoms with van der Waals surface area (Å²) in [5.41, 5.74) is 2.23. The van der Waals surface area contributed by atoms with Crippen molar-refractivity contribution >= 4 is 5.91 Å². The maximum absolute atomic E-state index is 12.8. The van der Waals surface area contributed by atoms with Crippen LogP contribution in [0.2, 0.25) is 0 Å². The highest BCUT2D eigenvalue weighted by atomic mass is 16.5. The number of aromatic nitrogens is 1. The molecule has 1 aromatic carbocycles. The fourth-order valence-corrected chi connectivity index (χ4v) is 2.97. The first-order valence-corrected chi connectivity index (χ1v) is 8.09. The molecule has 1 aromatic heterocycles. The van der Waals surface area contributed by atoms with E-state index in [0.717, 1.165) is 17.5 Å². The zero-order chi connectivity index (χ0) is 16.1. The first kappa shape index (κ1) is 15.7. The van der Waals surface area contributed by atoms with Gasteiger partial charge >= 0.3 is 0 Å². The average Bonchev–Trinajstić information content (AvgIpc) is 2.61. The minimum Gasteiger partial charge on any atom is -0.374 e.